The Bertz CT molecular complexity index is 3810. The lowest BCUT2D eigenvalue weighted by Gasteiger charge is -2.23. The van der Waals surface area contributed by atoms with Crippen LogP contribution in [0.3, 0.4) is 0 Å². The highest BCUT2D eigenvalue weighted by molar-refractivity contribution is 6.04. The van der Waals surface area contributed by atoms with Crippen molar-refractivity contribution >= 4 is 35.8 Å². The second-order valence-electron chi connectivity index (χ2n) is 25.6. The number of aryl methyl sites for hydroxylation is 7. The predicted octanol–water partition coefficient (Wildman–Crippen LogP) is 13.6. The summed E-state index contributed by atoms with van der Waals surface area (Å²) in [5, 5.41) is 28.2. The maximum atomic E-state index is 12.8. The number of benzene rings is 9. The van der Waals surface area contributed by atoms with Crippen LogP contribution in [0.15, 0.2) is 218 Å². The van der Waals surface area contributed by atoms with Crippen LogP contribution >= 0.6 is 0 Å². The van der Waals surface area contributed by atoms with Gasteiger partial charge in [-0.25, -0.2) is 28.8 Å². The smallest absolute Gasteiger partial charge is 0.339 e. The largest absolute Gasteiger partial charge is 0.497 e. The zero-order valence-corrected chi connectivity index (χ0v) is 61.1. The van der Waals surface area contributed by atoms with Crippen LogP contribution in [0.2, 0.25) is 0 Å². The molecule has 552 valence electrons. The van der Waals surface area contributed by atoms with Crippen molar-refractivity contribution < 1.29 is 82.0 Å². The SMILES string of the molecule is COc1ccc(CCc2ccccc2CC[C@H](CN(C)C)OC(=O)c2ccccc2C(=O)O)cc1.COc1ccc(CCc2ccccc2OC[C@H](CN(C)C)OC(=O)c2ccccc2C(=O)O)cc1.COc1ccc(CCc2ccccc2OC[C@H](CN(C)C)OC(=O)c2ccccc2C(=O)O)cc1. The molecule has 0 heterocycles. The third-order valence-electron chi connectivity index (χ3n) is 16.8. The molecule has 0 aliphatic rings. The fraction of sp³-hybridized carbons (Fsp3) is 0.294. The van der Waals surface area contributed by atoms with Gasteiger partial charge in [0.1, 0.15) is 60.3 Å². The second-order valence-corrected chi connectivity index (χ2v) is 25.6. The van der Waals surface area contributed by atoms with Crippen LogP contribution in [0.5, 0.6) is 28.7 Å². The molecule has 105 heavy (non-hydrogen) atoms. The van der Waals surface area contributed by atoms with Crippen molar-refractivity contribution in [3.8, 4) is 28.7 Å². The highest BCUT2D eigenvalue weighted by Gasteiger charge is 2.26. The number of carboxylic acids is 3. The summed E-state index contributed by atoms with van der Waals surface area (Å²) in [5.41, 5.74) is 8.11. The van der Waals surface area contributed by atoms with Gasteiger partial charge in [0.15, 0.2) is 0 Å². The Labute approximate surface area is 615 Å². The Kier molecular flexibility index (Phi) is 32.6. The Morgan fingerprint density at radius 3 is 0.867 bits per heavy atom. The van der Waals surface area contributed by atoms with Crippen molar-refractivity contribution in [3.05, 3.63) is 291 Å². The first kappa shape index (κ1) is 81.0. The van der Waals surface area contributed by atoms with E-state index in [4.69, 9.17) is 37.9 Å². The lowest BCUT2D eigenvalue weighted by Crippen LogP contribution is -2.35. The summed E-state index contributed by atoms with van der Waals surface area (Å²) in [6.07, 6.45) is 4.93. The maximum absolute atomic E-state index is 12.8. The van der Waals surface area contributed by atoms with Crippen LogP contribution in [0.25, 0.3) is 0 Å². The summed E-state index contributed by atoms with van der Waals surface area (Å²) in [6, 6.07) is 66.2. The van der Waals surface area contributed by atoms with E-state index in [1.165, 1.54) is 64.2 Å². The molecule has 20 nitrogen and oxygen atoms in total. The van der Waals surface area contributed by atoms with E-state index < -0.39 is 48.0 Å². The van der Waals surface area contributed by atoms with E-state index in [-0.39, 0.29) is 52.7 Å². The average molecular weight is 1430 g/mol. The zero-order chi connectivity index (χ0) is 75.6. The Hall–Kier alpha value is -11.3. The minimum absolute atomic E-state index is 0.0173. The monoisotopic (exact) mass is 1430 g/mol. The number of rotatable bonds is 36. The summed E-state index contributed by atoms with van der Waals surface area (Å²) in [5.74, 6) is -1.53. The molecular weight excluding hydrogens is 1330 g/mol. The first-order valence-corrected chi connectivity index (χ1v) is 34.5. The number of likely N-dealkylation sites (N-methyl/N-ethyl adjacent to an activating group) is 3. The first-order valence-electron chi connectivity index (χ1n) is 34.5. The maximum Gasteiger partial charge on any atom is 0.339 e. The lowest BCUT2D eigenvalue weighted by molar-refractivity contribution is 0.00937. The standard InChI is InChI=1S/C29H33NO5.2C28H31NO6/c1-30(2)20-25(35-29(33)27-11-7-6-10-26(27)28(31)32)19-16-23-9-5-4-8-22(23)15-12-21-13-17-24(34-3)18-14-21;2*1-29(2)18-23(35-28(32)25-10-6-5-9-24(25)27(30)31)19-34-26-11-7-4-8-21(26)15-12-20-13-16-22(33-3)17-14-20/h4-11,13-14,17-18,25H,12,15-16,19-20H2,1-3H3,(H,31,32);2*4-11,13-14,16-17,23H,12,15,18-19H2,1-3H3,(H,30,31)/t25-;2*23-/m100/s1. The molecule has 0 unspecified atom stereocenters. The molecule has 0 radical (unpaired) electrons. The van der Waals surface area contributed by atoms with E-state index in [1.54, 1.807) is 57.7 Å². The minimum atomic E-state index is -1.18. The molecule has 0 aliphatic heterocycles. The van der Waals surface area contributed by atoms with Crippen molar-refractivity contribution in [1.29, 1.82) is 0 Å². The summed E-state index contributed by atoms with van der Waals surface area (Å²) < 4.78 is 45.0. The van der Waals surface area contributed by atoms with Gasteiger partial charge >= 0.3 is 35.8 Å². The highest BCUT2D eigenvalue weighted by Crippen LogP contribution is 2.26. The van der Waals surface area contributed by atoms with Crippen molar-refractivity contribution in [2.75, 3.05) is 96.5 Å². The van der Waals surface area contributed by atoms with Gasteiger partial charge in [0.05, 0.1) is 54.7 Å². The highest BCUT2D eigenvalue weighted by atomic mass is 16.6. The minimum Gasteiger partial charge on any atom is -0.497 e. The fourth-order valence-corrected chi connectivity index (χ4v) is 11.5. The molecule has 20 heteroatoms. The van der Waals surface area contributed by atoms with E-state index in [0.717, 1.165) is 84.8 Å². The van der Waals surface area contributed by atoms with Crippen LogP contribution in [0.1, 0.15) is 108 Å². The number of hydrogen-bond acceptors (Lipinski definition) is 17. The van der Waals surface area contributed by atoms with Gasteiger partial charge in [0.2, 0.25) is 0 Å². The van der Waals surface area contributed by atoms with E-state index >= 15 is 0 Å². The molecule has 0 aromatic heterocycles. The average Bonchev–Trinajstić information content (AvgIpc) is 0.857. The number of para-hydroxylation sites is 2. The summed E-state index contributed by atoms with van der Waals surface area (Å²) in [6.45, 7) is 1.68. The molecule has 3 atom stereocenters. The summed E-state index contributed by atoms with van der Waals surface area (Å²) in [4.78, 5) is 78.6. The van der Waals surface area contributed by atoms with Crippen LogP contribution in [-0.2, 0) is 59.2 Å². The molecule has 9 aromatic rings. The molecule has 0 fully saturated rings. The molecule has 0 saturated heterocycles. The molecule has 0 spiro atoms. The van der Waals surface area contributed by atoms with Crippen molar-refractivity contribution in [2.24, 2.45) is 0 Å². The molecule has 0 saturated carbocycles. The lowest BCUT2D eigenvalue weighted by atomic mass is 9.96. The molecule has 0 aliphatic carbocycles. The topological polar surface area (TPSA) is 247 Å². The Morgan fingerprint density at radius 1 is 0.305 bits per heavy atom. The predicted molar refractivity (Wildman–Crippen MR) is 403 cm³/mol. The summed E-state index contributed by atoms with van der Waals surface area (Å²) >= 11 is 0. The van der Waals surface area contributed by atoms with Gasteiger partial charge in [-0.1, -0.05) is 133 Å². The third-order valence-corrected chi connectivity index (χ3v) is 16.8. The Morgan fingerprint density at radius 2 is 0.562 bits per heavy atom. The van der Waals surface area contributed by atoms with Crippen LogP contribution in [0.4, 0.5) is 0 Å². The molecule has 0 amide bonds. The van der Waals surface area contributed by atoms with Crippen molar-refractivity contribution in [1.82, 2.24) is 14.7 Å². The van der Waals surface area contributed by atoms with Gasteiger partial charge in [-0.2, -0.15) is 0 Å². The molecular formula is C85H95N3O17. The number of hydrogen-bond donors (Lipinski definition) is 3. The van der Waals surface area contributed by atoms with Gasteiger partial charge in [-0.15, -0.1) is 0 Å². The van der Waals surface area contributed by atoms with Crippen molar-refractivity contribution in [3.63, 3.8) is 0 Å². The number of aromatic carboxylic acids is 3. The van der Waals surface area contributed by atoms with Gasteiger partial charge in [0.25, 0.3) is 0 Å². The zero-order valence-electron chi connectivity index (χ0n) is 61.1. The van der Waals surface area contributed by atoms with E-state index in [9.17, 15) is 44.1 Å². The van der Waals surface area contributed by atoms with E-state index in [0.29, 0.717) is 26.1 Å². The molecule has 9 aromatic carbocycles. The number of ether oxygens (including phenoxy) is 8. The van der Waals surface area contributed by atoms with E-state index in [1.807, 2.05) is 178 Å². The number of esters is 3. The molecule has 0 bridgehead atoms. The number of nitrogens with zero attached hydrogens (tertiary/aromatic N) is 3. The van der Waals surface area contributed by atoms with Crippen LogP contribution in [0, 0.1) is 0 Å². The normalized spacial score (nSPS) is 11.7. The number of methoxy groups -OCH3 is 3. The van der Waals surface area contributed by atoms with Gasteiger partial charge < -0.3 is 67.9 Å². The number of carboxylic acid groups (broad SMARTS) is 3. The summed E-state index contributed by atoms with van der Waals surface area (Å²) in [7, 11) is 16.3. The quantitative estimate of drug-likeness (QED) is 0.0244. The van der Waals surface area contributed by atoms with Gasteiger partial charge in [-0.3, -0.25) is 0 Å². The van der Waals surface area contributed by atoms with E-state index in [2.05, 4.69) is 24.3 Å². The molecule has 3 N–H and O–H groups in total. The third kappa shape index (κ3) is 26.8. The van der Waals surface area contributed by atoms with Gasteiger partial charge in [-0.05, 0) is 218 Å². The Balaban J connectivity index is 0.000000220. The first-order chi connectivity index (χ1) is 50.6. The van der Waals surface area contributed by atoms with Gasteiger partial charge in [0, 0.05) is 19.6 Å². The number of carbonyl (C=O) groups excluding carboxylic acids is 3. The van der Waals surface area contributed by atoms with Crippen LogP contribution < -0.4 is 23.7 Å². The number of carbonyl (C=O) groups is 6. The molecule has 9 rings (SSSR count). The fourth-order valence-electron chi connectivity index (χ4n) is 11.5. The van der Waals surface area contributed by atoms with Crippen molar-refractivity contribution in [2.45, 2.75) is 69.7 Å². The second kappa shape index (κ2) is 42.3. The van der Waals surface area contributed by atoms with Crippen LogP contribution in [-0.4, -0.2) is 181 Å².